The average Bonchev–Trinajstić information content (AvgIpc) is 2.80. The van der Waals surface area contributed by atoms with Crippen LogP contribution in [0.15, 0.2) is 5.38 Å². The molecule has 0 atom stereocenters. The van der Waals surface area contributed by atoms with Crippen LogP contribution in [-0.2, 0) is 13.0 Å². The lowest BCUT2D eigenvalue weighted by molar-refractivity contribution is 0.172. The molecule has 1 aliphatic heterocycles. The molecule has 0 unspecified atom stereocenters. The van der Waals surface area contributed by atoms with Gasteiger partial charge in [0.1, 0.15) is 0 Å². The number of piperidine rings is 1. The first kappa shape index (κ1) is 13.0. The molecule has 0 bridgehead atoms. The molecular weight excluding hydrogens is 230 g/mol. The molecule has 1 saturated heterocycles. The summed E-state index contributed by atoms with van der Waals surface area (Å²) in [5.41, 5.74) is 6.87. The first-order valence-electron chi connectivity index (χ1n) is 6.67. The summed E-state index contributed by atoms with van der Waals surface area (Å²) in [6.07, 6.45) is 4.87. The smallest absolute Gasteiger partial charge is 0.0926 e. The van der Waals surface area contributed by atoms with Gasteiger partial charge in [-0.25, -0.2) is 4.98 Å². The highest BCUT2D eigenvalue weighted by atomic mass is 32.1. The van der Waals surface area contributed by atoms with Crippen molar-refractivity contribution in [3.63, 3.8) is 0 Å². The van der Waals surface area contributed by atoms with E-state index < -0.39 is 0 Å². The van der Waals surface area contributed by atoms with Gasteiger partial charge in [0.25, 0.3) is 0 Å². The molecule has 0 aromatic carbocycles. The van der Waals surface area contributed by atoms with Crippen LogP contribution >= 0.6 is 11.3 Å². The Balaban J connectivity index is 1.77. The van der Waals surface area contributed by atoms with Gasteiger partial charge in [-0.2, -0.15) is 0 Å². The van der Waals surface area contributed by atoms with Crippen LogP contribution in [-0.4, -0.2) is 29.5 Å². The molecule has 0 saturated carbocycles. The minimum Gasteiger partial charge on any atom is -0.330 e. The Morgan fingerprint density at radius 3 is 2.82 bits per heavy atom. The van der Waals surface area contributed by atoms with Gasteiger partial charge < -0.3 is 5.73 Å². The van der Waals surface area contributed by atoms with E-state index in [2.05, 4.69) is 22.2 Å². The normalized spacial score (nSPS) is 18.7. The van der Waals surface area contributed by atoms with Crippen LogP contribution in [0.2, 0.25) is 0 Å². The summed E-state index contributed by atoms with van der Waals surface area (Å²) < 4.78 is 0. The molecule has 1 fully saturated rings. The van der Waals surface area contributed by atoms with E-state index in [1.165, 1.54) is 43.1 Å². The number of hydrogen-bond donors (Lipinski definition) is 1. The van der Waals surface area contributed by atoms with E-state index >= 15 is 0 Å². The summed E-state index contributed by atoms with van der Waals surface area (Å²) in [4.78, 5) is 7.16. The van der Waals surface area contributed by atoms with Gasteiger partial charge >= 0.3 is 0 Å². The summed E-state index contributed by atoms with van der Waals surface area (Å²) in [7, 11) is 0. The number of nitrogens with zero attached hydrogens (tertiary/aromatic N) is 2. The second kappa shape index (κ2) is 6.47. The van der Waals surface area contributed by atoms with Crippen LogP contribution in [0, 0.1) is 5.92 Å². The van der Waals surface area contributed by atoms with Crippen molar-refractivity contribution in [3.05, 3.63) is 16.1 Å². The maximum Gasteiger partial charge on any atom is 0.0926 e. The van der Waals surface area contributed by atoms with E-state index in [-0.39, 0.29) is 0 Å². The second-order valence-corrected chi connectivity index (χ2v) is 5.83. The molecule has 2 rings (SSSR count). The van der Waals surface area contributed by atoms with Gasteiger partial charge in [0.05, 0.1) is 10.7 Å². The van der Waals surface area contributed by atoms with Gasteiger partial charge in [0.2, 0.25) is 0 Å². The zero-order chi connectivity index (χ0) is 12.1. The van der Waals surface area contributed by atoms with E-state index in [1.807, 2.05) is 0 Å². The number of aryl methyl sites for hydroxylation is 1. The minimum absolute atomic E-state index is 0.844. The first-order valence-corrected chi connectivity index (χ1v) is 7.55. The van der Waals surface area contributed by atoms with Crippen LogP contribution in [0.25, 0.3) is 0 Å². The minimum atomic E-state index is 0.844. The number of aromatic nitrogens is 1. The highest BCUT2D eigenvalue weighted by Gasteiger charge is 2.19. The molecule has 1 aliphatic rings. The van der Waals surface area contributed by atoms with E-state index in [1.54, 1.807) is 11.3 Å². The van der Waals surface area contributed by atoms with Crippen molar-refractivity contribution in [2.75, 3.05) is 19.6 Å². The molecule has 17 heavy (non-hydrogen) atoms. The third-order valence-corrected chi connectivity index (χ3v) is 4.61. The predicted octanol–water partition coefficient (Wildman–Crippen LogP) is 2.27. The highest BCUT2D eigenvalue weighted by Crippen LogP contribution is 2.21. The molecule has 0 amide bonds. The maximum absolute atomic E-state index is 5.61. The quantitative estimate of drug-likeness (QED) is 0.875. The van der Waals surface area contributed by atoms with Gasteiger partial charge in [-0.3, -0.25) is 4.90 Å². The van der Waals surface area contributed by atoms with Crippen molar-refractivity contribution in [2.45, 2.75) is 39.2 Å². The highest BCUT2D eigenvalue weighted by molar-refractivity contribution is 7.09. The molecule has 1 aromatic heterocycles. The van der Waals surface area contributed by atoms with Gasteiger partial charge in [-0.1, -0.05) is 6.92 Å². The molecule has 0 spiro atoms. The van der Waals surface area contributed by atoms with Crippen molar-refractivity contribution >= 4 is 11.3 Å². The molecule has 96 valence electrons. The van der Waals surface area contributed by atoms with Crippen molar-refractivity contribution in [1.82, 2.24) is 9.88 Å². The summed E-state index contributed by atoms with van der Waals surface area (Å²) in [6, 6.07) is 0. The Labute approximate surface area is 108 Å². The molecule has 2 heterocycles. The van der Waals surface area contributed by atoms with E-state index in [9.17, 15) is 0 Å². The summed E-state index contributed by atoms with van der Waals surface area (Å²) in [5, 5.41) is 3.48. The van der Waals surface area contributed by atoms with E-state index in [0.29, 0.717) is 0 Å². The lowest BCUT2D eigenvalue weighted by Crippen LogP contribution is -2.33. The topological polar surface area (TPSA) is 42.2 Å². The Kier molecular flexibility index (Phi) is 4.95. The molecule has 0 aliphatic carbocycles. The van der Waals surface area contributed by atoms with Crippen LogP contribution in [0.5, 0.6) is 0 Å². The number of thiazole rings is 1. The standard InChI is InChI=1S/C13H23N3S/c1-2-13-15-12(10-17-13)9-16-7-4-11(3-6-14)5-8-16/h10-11H,2-9,14H2,1H3. The van der Waals surface area contributed by atoms with E-state index in [0.717, 1.165) is 25.4 Å². The van der Waals surface area contributed by atoms with Gasteiger partial charge in [0, 0.05) is 11.9 Å². The Morgan fingerprint density at radius 2 is 2.24 bits per heavy atom. The van der Waals surface area contributed by atoms with Crippen LogP contribution in [0.4, 0.5) is 0 Å². The lowest BCUT2D eigenvalue weighted by Gasteiger charge is -2.31. The Morgan fingerprint density at radius 1 is 1.47 bits per heavy atom. The zero-order valence-electron chi connectivity index (χ0n) is 10.7. The van der Waals surface area contributed by atoms with Crippen LogP contribution in [0.1, 0.15) is 36.9 Å². The predicted molar refractivity (Wildman–Crippen MR) is 73.2 cm³/mol. The van der Waals surface area contributed by atoms with Crippen molar-refractivity contribution in [3.8, 4) is 0 Å². The van der Waals surface area contributed by atoms with Crippen molar-refractivity contribution in [2.24, 2.45) is 11.7 Å². The third kappa shape index (κ3) is 3.76. The van der Waals surface area contributed by atoms with Gasteiger partial charge in [-0.05, 0) is 51.2 Å². The van der Waals surface area contributed by atoms with Crippen LogP contribution in [0.3, 0.4) is 0 Å². The Bertz CT molecular complexity index is 329. The van der Waals surface area contributed by atoms with E-state index in [4.69, 9.17) is 5.73 Å². The van der Waals surface area contributed by atoms with Crippen LogP contribution < -0.4 is 5.73 Å². The molecular formula is C13H23N3S. The number of likely N-dealkylation sites (tertiary alicyclic amines) is 1. The number of nitrogens with two attached hydrogens (primary N) is 1. The fraction of sp³-hybridized carbons (Fsp3) is 0.769. The molecule has 4 heteroatoms. The zero-order valence-corrected chi connectivity index (χ0v) is 11.5. The van der Waals surface area contributed by atoms with Gasteiger partial charge in [0.15, 0.2) is 0 Å². The lowest BCUT2D eigenvalue weighted by atomic mass is 9.93. The SMILES string of the molecule is CCc1nc(CN2CCC(CCN)CC2)cs1. The fourth-order valence-electron chi connectivity index (χ4n) is 2.48. The average molecular weight is 253 g/mol. The van der Waals surface area contributed by atoms with Crippen molar-refractivity contribution in [1.29, 1.82) is 0 Å². The monoisotopic (exact) mass is 253 g/mol. The fourth-order valence-corrected chi connectivity index (χ4v) is 3.22. The summed E-state index contributed by atoms with van der Waals surface area (Å²) in [5.74, 6) is 0.859. The first-order chi connectivity index (χ1) is 8.31. The summed E-state index contributed by atoms with van der Waals surface area (Å²) >= 11 is 1.79. The number of hydrogen-bond acceptors (Lipinski definition) is 4. The largest absolute Gasteiger partial charge is 0.330 e. The summed E-state index contributed by atoms with van der Waals surface area (Å²) in [6.45, 7) is 6.47. The third-order valence-electron chi connectivity index (χ3n) is 3.57. The molecule has 1 aromatic rings. The second-order valence-electron chi connectivity index (χ2n) is 4.88. The molecule has 3 nitrogen and oxygen atoms in total. The molecule has 2 N–H and O–H groups in total. The number of rotatable bonds is 5. The van der Waals surface area contributed by atoms with Crippen molar-refractivity contribution < 1.29 is 0 Å². The Hall–Kier alpha value is -0.450. The van der Waals surface area contributed by atoms with Gasteiger partial charge in [-0.15, -0.1) is 11.3 Å². The maximum atomic E-state index is 5.61. The molecule has 0 radical (unpaired) electrons.